The number of aryl methyl sites for hydroxylation is 1. The van der Waals surface area contributed by atoms with E-state index in [-0.39, 0.29) is 18.3 Å². The Kier molecular flexibility index (Phi) is 6.69. The maximum Gasteiger partial charge on any atom is 0.277 e. The molecule has 2 heterocycles. The molecule has 0 saturated carbocycles. The lowest BCUT2D eigenvalue weighted by molar-refractivity contribution is 0.101. The quantitative estimate of drug-likeness (QED) is 0.361. The SMILES string of the molecule is Cc1cc(NC(=O)c2ccn(COc3ccc(Cl)cc3Cl)n2)nn1Cc1ccc(Cl)cc1. The van der Waals surface area contributed by atoms with Gasteiger partial charge in [0.05, 0.1) is 11.6 Å². The van der Waals surface area contributed by atoms with Crippen molar-refractivity contribution < 1.29 is 9.53 Å². The summed E-state index contributed by atoms with van der Waals surface area (Å²) in [6.45, 7) is 2.58. The van der Waals surface area contributed by atoms with E-state index in [9.17, 15) is 4.79 Å². The molecule has 0 aliphatic heterocycles. The summed E-state index contributed by atoms with van der Waals surface area (Å²) in [7, 11) is 0. The minimum atomic E-state index is -0.371. The molecule has 0 aliphatic carbocycles. The van der Waals surface area contributed by atoms with E-state index in [2.05, 4.69) is 15.5 Å². The molecule has 0 unspecified atom stereocenters. The Morgan fingerprint density at radius 1 is 1.00 bits per heavy atom. The van der Waals surface area contributed by atoms with Crippen LogP contribution in [0.25, 0.3) is 0 Å². The second-order valence-electron chi connectivity index (χ2n) is 7.00. The van der Waals surface area contributed by atoms with Gasteiger partial charge >= 0.3 is 0 Å². The van der Waals surface area contributed by atoms with Gasteiger partial charge in [-0.1, -0.05) is 46.9 Å². The van der Waals surface area contributed by atoms with Crippen LogP contribution in [0.4, 0.5) is 5.82 Å². The molecule has 0 spiro atoms. The summed E-state index contributed by atoms with van der Waals surface area (Å²) < 4.78 is 8.92. The van der Waals surface area contributed by atoms with Gasteiger partial charge in [-0.25, -0.2) is 4.68 Å². The van der Waals surface area contributed by atoms with Crippen LogP contribution in [0, 0.1) is 6.92 Å². The molecule has 4 aromatic rings. The molecular weight excluding hydrogens is 473 g/mol. The van der Waals surface area contributed by atoms with E-state index in [0.717, 1.165) is 11.3 Å². The first-order valence-electron chi connectivity index (χ1n) is 9.59. The molecule has 7 nitrogen and oxygen atoms in total. The topological polar surface area (TPSA) is 74.0 Å². The molecular formula is C22H18Cl3N5O2. The maximum absolute atomic E-state index is 12.6. The normalized spacial score (nSPS) is 10.9. The van der Waals surface area contributed by atoms with Gasteiger partial charge in [0.15, 0.2) is 18.2 Å². The molecule has 10 heteroatoms. The third-order valence-corrected chi connectivity index (χ3v) is 5.37. The van der Waals surface area contributed by atoms with Gasteiger partial charge in [-0.15, -0.1) is 0 Å². The average Bonchev–Trinajstić information content (AvgIpc) is 3.36. The fraction of sp³-hybridized carbons (Fsp3) is 0.136. The van der Waals surface area contributed by atoms with Crippen LogP contribution < -0.4 is 10.1 Å². The number of anilines is 1. The van der Waals surface area contributed by atoms with Gasteiger partial charge in [0, 0.05) is 28.0 Å². The van der Waals surface area contributed by atoms with E-state index >= 15 is 0 Å². The monoisotopic (exact) mass is 489 g/mol. The van der Waals surface area contributed by atoms with Crippen LogP contribution >= 0.6 is 34.8 Å². The molecule has 0 saturated heterocycles. The molecule has 32 heavy (non-hydrogen) atoms. The fourth-order valence-corrected chi connectivity index (χ4v) is 3.55. The Morgan fingerprint density at radius 2 is 1.75 bits per heavy atom. The van der Waals surface area contributed by atoms with Crippen molar-refractivity contribution in [3.63, 3.8) is 0 Å². The van der Waals surface area contributed by atoms with Crippen molar-refractivity contribution in [2.75, 3.05) is 5.32 Å². The minimum absolute atomic E-state index is 0.0868. The summed E-state index contributed by atoms with van der Waals surface area (Å²) in [5.41, 5.74) is 2.20. The number of hydrogen-bond donors (Lipinski definition) is 1. The van der Waals surface area contributed by atoms with Gasteiger partial charge in [0.1, 0.15) is 5.75 Å². The van der Waals surface area contributed by atoms with Crippen molar-refractivity contribution in [2.24, 2.45) is 0 Å². The van der Waals surface area contributed by atoms with Gasteiger partial charge in [-0.2, -0.15) is 10.2 Å². The molecule has 2 aromatic heterocycles. The van der Waals surface area contributed by atoms with Gasteiger partial charge < -0.3 is 10.1 Å². The van der Waals surface area contributed by atoms with Crippen LogP contribution in [0.5, 0.6) is 5.75 Å². The number of ether oxygens (including phenoxy) is 1. The van der Waals surface area contributed by atoms with E-state index in [0.29, 0.717) is 33.2 Å². The van der Waals surface area contributed by atoms with Crippen LogP contribution in [-0.4, -0.2) is 25.5 Å². The number of rotatable bonds is 7. The first-order chi connectivity index (χ1) is 15.4. The van der Waals surface area contributed by atoms with Crippen LogP contribution in [-0.2, 0) is 13.3 Å². The summed E-state index contributed by atoms with van der Waals surface area (Å²) in [6, 6.07) is 15.9. The highest BCUT2D eigenvalue weighted by Gasteiger charge is 2.13. The zero-order chi connectivity index (χ0) is 22.7. The Labute approximate surface area is 199 Å². The molecule has 2 aromatic carbocycles. The van der Waals surface area contributed by atoms with E-state index in [1.807, 2.05) is 31.2 Å². The Balaban J connectivity index is 1.37. The summed E-state index contributed by atoms with van der Waals surface area (Å²) in [5, 5.41) is 13.1. The molecule has 0 aliphatic rings. The van der Waals surface area contributed by atoms with Crippen molar-refractivity contribution in [3.05, 3.63) is 92.8 Å². The average molecular weight is 491 g/mol. The Hall–Kier alpha value is -3.00. The lowest BCUT2D eigenvalue weighted by Gasteiger charge is -2.08. The Bertz CT molecular complexity index is 1250. The molecule has 0 bridgehead atoms. The first-order valence-corrected chi connectivity index (χ1v) is 10.7. The van der Waals surface area contributed by atoms with Gasteiger partial charge in [-0.3, -0.25) is 9.48 Å². The lowest BCUT2D eigenvalue weighted by atomic mass is 10.2. The maximum atomic E-state index is 12.6. The lowest BCUT2D eigenvalue weighted by Crippen LogP contribution is -2.15. The number of carbonyl (C=O) groups excluding carboxylic acids is 1. The highest BCUT2D eigenvalue weighted by molar-refractivity contribution is 6.35. The summed E-state index contributed by atoms with van der Waals surface area (Å²) in [6.07, 6.45) is 1.64. The van der Waals surface area contributed by atoms with Gasteiger partial charge in [-0.05, 0) is 48.9 Å². The second-order valence-corrected chi connectivity index (χ2v) is 8.28. The number of nitrogens with zero attached hydrogens (tertiary/aromatic N) is 4. The Morgan fingerprint density at radius 3 is 2.50 bits per heavy atom. The van der Waals surface area contributed by atoms with E-state index < -0.39 is 0 Å². The van der Waals surface area contributed by atoms with Crippen molar-refractivity contribution in [2.45, 2.75) is 20.2 Å². The second kappa shape index (κ2) is 9.65. The van der Waals surface area contributed by atoms with Crippen molar-refractivity contribution >= 4 is 46.5 Å². The number of nitrogens with one attached hydrogen (secondary N) is 1. The largest absolute Gasteiger partial charge is 0.470 e. The van der Waals surface area contributed by atoms with Gasteiger partial charge in [0.25, 0.3) is 5.91 Å². The molecule has 0 fully saturated rings. The van der Waals surface area contributed by atoms with Crippen LogP contribution in [0.15, 0.2) is 60.8 Å². The number of aromatic nitrogens is 4. The fourth-order valence-electron chi connectivity index (χ4n) is 2.96. The highest BCUT2D eigenvalue weighted by Crippen LogP contribution is 2.27. The third-order valence-electron chi connectivity index (χ3n) is 4.59. The number of halogens is 3. The zero-order valence-corrected chi connectivity index (χ0v) is 19.2. The molecule has 0 radical (unpaired) electrons. The predicted molar refractivity (Wildman–Crippen MR) is 125 cm³/mol. The smallest absolute Gasteiger partial charge is 0.277 e. The van der Waals surface area contributed by atoms with Crippen molar-refractivity contribution in [1.29, 1.82) is 0 Å². The molecule has 1 amide bonds. The number of carbonyl (C=O) groups is 1. The van der Waals surface area contributed by atoms with Crippen LogP contribution in [0.2, 0.25) is 15.1 Å². The summed E-state index contributed by atoms with van der Waals surface area (Å²) in [4.78, 5) is 12.6. The van der Waals surface area contributed by atoms with Crippen molar-refractivity contribution in [1.82, 2.24) is 19.6 Å². The van der Waals surface area contributed by atoms with Crippen LogP contribution in [0.1, 0.15) is 21.7 Å². The van der Waals surface area contributed by atoms with E-state index in [1.54, 1.807) is 41.2 Å². The molecule has 1 N–H and O–H groups in total. The minimum Gasteiger partial charge on any atom is -0.470 e. The number of amides is 1. The summed E-state index contributed by atoms with van der Waals surface area (Å²) in [5.74, 6) is 0.545. The standard InChI is InChI=1S/C22H18Cl3N5O2/c1-14-10-21(28-30(14)12-15-2-4-16(23)5-3-15)26-22(31)19-8-9-29(27-19)13-32-20-7-6-17(24)11-18(20)25/h2-11H,12-13H2,1H3,(H,26,28,31). The molecule has 4 rings (SSSR count). The predicted octanol–water partition coefficient (Wildman–Crippen LogP) is 5.69. The third kappa shape index (κ3) is 5.43. The first kappa shape index (κ1) is 22.2. The molecule has 0 atom stereocenters. The molecule has 164 valence electrons. The highest BCUT2D eigenvalue weighted by atomic mass is 35.5. The zero-order valence-electron chi connectivity index (χ0n) is 16.9. The van der Waals surface area contributed by atoms with E-state index in [1.165, 1.54) is 4.68 Å². The van der Waals surface area contributed by atoms with E-state index in [4.69, 9.17) is 39.5 Å². The van der Waals surface area contributed by atoms with Crippen molar-refractivity contribution in [3.8, 4) is 5.75 Å². The number of benzene rings is 2. The van der Waals surface area contributed by atoms with Gasteiger partial charge in [0.2, 0.25) is 0 Å². The summed E-state index contributed by atoms with van der Waals surface area (Å²) >= 11 is 17.9. The number of hydrogen-bond acceptors (Lipinski definition) is 4. The van der Waals surface area contributed by atoms with Crippen LogP contribution in [0.3, 0.4) is 0 Å².